The van der Waals surface area contributed by atoms with Gasteiger partial charge >= 0.3 is 0 Å². The molecule has 4 rings (SSSR count). The van der Waals surface area contributed by atoms with Gasteiger partial charge in [-0.3, -0.25) is 0 Å². The third-order valence-electron chi connectivity index (χ3n) is 7.52. The molecule has 0 heterocycles. The van der Waals surface area contributed by atoms with Gasteiger partial charge in [-0.2, -0.15) is 0 Å². The molecule has 0 radical (unpaired) electrons. The largest absolute Gasteiger partial charge is 0.497 e. The lowest BCUT2D eigenvalue weighted by molar-refractivity contribution is -0.0574. The molecule has 0 unspecified atom stereocenters. The van der Waals surface area contributed by atoms with Crippen LogP contribution in [0.5, 0.6) is 5.75 Å². The number of benzene rings is 1. The molecule has 0 spiro atoms. The Morgan fingerprint density at radius 3 is 2.70 bits per heavy atom. The van der Waals surface area contributed by atoms with Crippen LogP contribution in [-0.4, -0.2) is 18.3 Å². The molecule has 2 saturated carbocycles. The average Bonchev–Trinajstić information content (AvgIpc) is 2.81. The Morgan fingerprint density at radius 2 is 1.96 bits per heavy atom. The standard InChI is InChI=1S/C21H30O2/c1-12-9-14-10-15(23-4)5-6-16(14)19-13(2)11-21(3)17(20(12)19)7-8-18(21)22/h5-6,10,12-13,17-20,22H,7-9,11H2,1-4H3/t12-,13+,17+,18+,19-,20+,21+/m1/s1. The first-order valence-electron chi connectivity index (χ1n) is 9.30. The molecule has 23 heavy (non-hydrogen) atoms. The van der Waals surface area contributed by atoms with Crippen LogP contribution in [0.1, 0.15) is 57.1 Å². The average molecular weight is 314 g/mol. The van der Waals surface area contributed by atoms with Gasteiger partial charge in [-0.05, 0) is 83.9 Å². The minimum absolute atomic E-state index is 0.0969. The number of aliphatic hydroxyl groups excluding tert-OH is 1. The van der Waals surface area contributed by atoms with E-state index in [0.29, 0.717) is 23.7 Å². The van der Waals surface area contributed by atoms with E-state index < -0.39 is 0 Å². The highest BCUT2D eigenvalue weighted by molar-refractivity contribution is 5.41. The Hall–Kier alpha value is -1.02. The molecule has 0 aromatic heterocycles. The topological polar surface area (TPSA) is 29.5 Å². The smallest absolute Gasteiger partial charge is 0.119 e. The minimum atomic E-state index is -0.0969. The second-order valence-corrected chi connectivity index (χ2v) is 8.74. The second kappa shape index (κ2) is 5.24. The SMILES string of the molecule is COc1ccc2c(c1)C[C@@H](C)[C@@H]1[C@@H]2[C@@H](C)C[C@]2(C)[C@@H](O)CC[C@@H]12. The van der Waals surface area contributed by atoms with Crippen LogP contribution in [0.15, 0.2) is 18.2 Å². The van der Waals surface area contributed by atoms with Crippen LogP contribution >= 0.6 is 0 Å². The van der Waals surface area contributed by atoms with Crippen molar-refractivity contribution >= 4 is 0 Å². The third-order valence-corrected chi connectivity index (χ3v) is 7.52. The van der Waals surface area contributed by atoms with Gasteiger partial charge in [0, 0.05) is 0 Å². The van der Waals surface area contributed by atoms with Crippen molar-refractivity contribution in [3.63, 3.8) is 0 Å². The fourth-order valence-electron chi connectivity index (χ4n) is 6.57. The molecule has 1 aromatic carbocycles. The molecular weight excluding hydrogens is 284 g/mol. The number of hydrogen-bond acceptors (Lipinski definition) is 2. The van der Waals surface area contributed by atoms with Gasteiger partial charge in [0.25, 0.3) is 0 Å². The first-order valence-corrected chi connectivity index (χ1v) is 9.30. The van der Waals surface area contributed by atoms with Crippen molar-refractivity contribution in [2.75, 3.05) is 7.11 Å². The van der Waals surface area contributed by atoms with Crippen LogP contribution in [0.3, 0.4) is 0 Å². The van der Waals surface area contributed by atoms with Crippen LogP contribution < -0.4 is 4.74 Å². The summed E-state index contributed by atoms with van der Waals surface area (Å²) in [5.74, 6) is 4.38. The molecule has 1 N–H and O–H groups in total. The summed E-state index contributed by atoms with van der Waals surface area (Å²) >= 11 is 0. The van der Waals surface area contributed by atoms with Crippen molar-refractivity contribution in [1.82, 2.24) is 0 Å². The molecule has 2 nitrogen and oxygen atoms in total. The Kier molecular flexibility index (Phi) is 3.53. The highest BCUT2D eigenvalue weighted by Gasteiger charge is 2.58. The molecule has 126 valence electrons. The van der Waals surface area contributed by atoms with E-state index in [2.05, 4.69) is 39.0 Å². The maximum Gasteiger partial charge on any atom is 0.119 e. The van der Waals surface area contributed by atoms with Crippen LogP contribution in [0.4, 0.5) is 0 Å². The first kappa shape index (κ1) is 15.5. The van der Waals surface area contributed by atoms with E-state index in [9.17, 15) is 5.11 Å². The zero-order chi connectivity index (χ0) is 16.4. The van der Waals surface area contributed by atoms with E-state index in [-0.39, 0.29) is 11.5 Å². The van der Waals surface area contributed by atoms with Gasteiger partial charge in [-0.1, -0.05) is 26.8 Å². The van der Waals surface area contributed by atoms with Gasteiger partial charge in [-0.25, -0.2) is 0 Å². The molecule has 0 amide bonds. The molecule has 7 atom stereocenters. The zero-order valence-electron chi connectivity index (χ0n) is 14.9. The summed E-state index contributed by atoms with van der Waals surface area (Å²) in [7, 11) is 1.76. The van der Waals surface area contributed by atoms with Gasteiger partial charge in [0.15, 0.2) is 0 Å². The predicted octanol–water partition coefficient (Wildman–Crippen LogP) is 4.40. The molecule has 2 heteroatoms. The molecule has 2 fully saturated rings. The summed E-state index contributed by atoms with van der Waals surface area (Å²) in [6, 6.07) is 6.71. The predicted molar refractivity (Wildman–Crippen MR) is 92.7 cm³/mol. The highest BCUT2D eigenvalue weighted by Crippen LogP contribution is 2.63. The molecule has 3 aliphatic carbocycles. The molecular formula is C21H30O2. The zero-order valence-corrected chi connectivity index (χ0v) is 14.9. The van der Waals surface area contributed by atoms with Crippen molar-refractivity contribution in [1.29, 1.82) is 0 Å². The number of methoxy groups -OCH3 is 1. The van der Waals surface area contributed by atoms with Gasteiger partial charge in [-0.15, -0.1) is 0 Å². The minimum Gasteiger partial charge on any atom is -0.497 e. The molecule has 3 aliphatic rings. The van der Waals surface area contributed by atoms with Gasteiger partial charge in [0.2, 0.25) is 0 Å². The van der Waals surface area contributed by atoms with Gasteiger partial charge in [0.1, 0.15) is 5.75 Å². The Labute approximate surface area is 140 Å². The van der Waals surface area contributed by atoms with Gasteiger partial charge in [0.05, 0.1) is 13.2 Å². The van der Waals surface area contributed by atoms with Crippen LogP contribution in [-0.2, 0) is 6.42 Å². The summed E-state index contributed by atoms with van der Waals surface area (Å²) in [6.07, 6.45) is 4.43. The number of rotatable bonds is 1. The maximum atomic E-state index is 10.6. The molecule has 1 aromatic rings. The van der Waals surface area contributed by atoms with E-state index in [1.54, 1.807) is 12.7 Å². The van der Waals surface area contributed by atoms with Crippen molar-refractivity contribution in [3.05, 3.63) is 29.3 Å². The normalized spacial score (nSPS) is 45.1. The maximum absolute atomic E-state index is 10.6. The second-order valence-electron chi connectivity index (χ2n) is 8.74. The number of hydrogen-bond donors (Lipinski definition) is 1. The third kappa shape index (κ3) is 2.10. The monoisotopic (exact) mass is 314 g/mol. The summed E-state index contributed by atoms with van der Waals surface area (Å²) in [4.78, 5) is 0. The quantitative estimate of drug-likeness (QED) is 0.832. The van der Waals surface area contributed by atoms with Crippen LogP contribution in [0.2, 0.25) is 0 Å². The van der Waals surface area contributed by atoms with E-state index in [1.165, 1.54) is 12.0 Å². The fourth-order valence-corrected chi connectivity index (χ4v) is 6.57. The Balaban J connectivity index is 1.78. The Bertz CT molecular complexity index is 610. The van der Waals surface area contributed by atoms with E-state index in [4.69, 9.17) is 4.74 Å². The lowest BCUT2D eigenvalue weighted by Crippen LogP contribution is -2.49. The summed E-state index contributed by atoms with van der Waals surface area (Å²) in [6.45, 7) is 7.21. The van der Waals surface area contributed by atoms with E-state index >= 15 is 0 Å². The number of fused-ring (bicyclic) bond motifs is 5. The summed E-state index contributed by atoms with van der Waals surface area (Å²) in [5, 5.41) is 10.6. The first-order chi connectivity index (χ1) is 11.0. The summed E-state index contributed by atoms with van der Waals surface area (Å²) < 4.78 is 5.44. The number of ether oxygens (including phenoxy) is 1. The number of aliphatic hydroxyl groups is 1. The molecule has 0 bridgehead atoms. The molecule has 0 saturated heterocycles. The van der Waals surface area contributed by atoms with Crippen LogP contribution in [0.25, 0.3) is 0 Å². The van der Waals surface area contributed by atoms with Gasteiger partial charge < -0.3 is 9.84 Å². The Morgan fingerprint density at radius 1 is 1.17 bits per heavy atom. The van der Waals surface area contributed by atoms with Crippen molar-refractivity contribution in [2.24, 2.45) is 29.1 Å². The van der Waals surface area contributed by atoms with Crippen molar-refractivity contribution < 1.29 is 9.84 Å². The lowest BCUT2D eigenvalue weighted by atomic mass is 9.50. The van der Waals surface area contributed by atoms with Crippen molar-refractivity contribution in [3.8, 4) is 5.75 Å². The highest BCUT2D eigenvalue weighted by atomic mass is 16.5. The lowest BCUT2D eigenvalue weighted by Gasteiger charge is -2.55. The van der Waals surface area contributed by atoms with Crippen molar-refractivity contribution in [2.45, 2.75) is 58.5 Å². The van der Waals surface area contributed by atoms with Crippen LogP contribution in [0, 0.1) is 29.1 Å². The molecule has 0 aliphatic heterocycles. The van der Waals surface area contributed by atoms with E-state index in [0.717, 1.165) is 30.9 Å². The van der Waals surface area contributed by atoms with E-state index in [1.807, 2.05) is 0 Å². The fraction of sp³-hybridized carbons (Fsp3) is 0.714. The summed E-state index contributed by atoms with van der Waals surface area (Å²) in [5.41, 5.74) is 3.19.